The molecular formula is C5H10N2NaS. The molecule has 1 saturated heterocycles. The smallest absolute Gasteiger partial charge is 0.171 e. The Hall–Kier alpha value is 0.690. The standard InChI is InChI=1S/C5H10N2S.Na/c1-6-3-4-7(2)5(6)8;/h3-4H2,1-2H3;. The first-order chi connectivity index (χ1) is 3.72. The van der Waals surface area contributed by atoms with Crippen molar-refractivity contribution in [2.45, 2.75) is 0 Å². The summed E-state index contributed by atoms with van der Waals surface area (Å²) in [5.41, 5.74) is 0. The summed E-state index contributed by atoms with van der Waals surface area (Å²) in [5, 5.41) is 0.963. The first-order valence-corrected chi connectivity index (χ1v) is 3.09. The van der Waals surface area contributed by atoms with Gasteiger partial charge < -0.3 is 9.80 Å². The molecule has 0 amide bonds. The minimum Gasteiger partial charge on any atom is -0.350 e. The summed E-state index contributed by atoms with van der Waals surface area (Å²) in [7, 11) is 4.04. The van der Waals surface area contributed by atoms with Crippen LogP contribution in [0.15, 0.2) is 0 Å². The predicted octanol–water partition coefficient (Wildman–Crippen LogP) is -0.232. The minimum atomic E-state index is 0. The zero-order valence-electron chi connectivity index (χ0n) is 6.22. The van der Waals surface area contributed by atoms with Gasteiger partial charge in [0.05, 0.1) is 0 Å². The molecule has 0 spiro atoms. The van der Waals surface area contributed by atoms with Gasteiger partial charge in [-0.05, 0) is 12.2 Å². The molecule has 0 saturated carbocycles. The second-order valence-corrected chi connectivity index (χ2v) is 2.49. The van der Waals surface area contributed by atoms with E-state index in [1.807, 2.05) is 14.1 Å². The summed E-state index contributed by atoms with van der Waals surface area (Å²) >= 11 is 5.02. The van der Waals surface area contributed by atoms with E-state index >= 15 is 0 Å². The van der Waals surface area contributed by atoms with E-state index in [9.17, 15) is 0 Å². The Kier molecular flexibility index (Phi) is 4.05. The van der Waals surface area contributed by atoms with Crippen molar-refractivity contribution in [2.75, 3.05) is 27.2 Å². The SMILES string of the molecule is CN1CCN(C)C1=S.[Na]. The van der Waals surface area contributed by atoms with Gasteiger partial charge in [-0.2, -0.15) is 0 Å². The Morgan fingerprint density at radius 1 is 1.22 bits per heavy atom. The Morgan fingerprint density at radius 3 is 1.67 bits per heavy atom. The molecule has 1 radical (unpaired) electrons. The van der Waals surface area contributed by atoms with Gasteiger partial charge in [0, 0.05) is 56.7 Å². The van der Waals surface area contributed by atoms with Crippen LogP contribution in [0.5, 0.6) is 0 Å². The molecule has 0 unspecified atom stereocenters. The molecule has 1 heterocycles. The van der Waals surface area contributed by atoms with Crippen molar-refractivity contribution in [2.24, 2.45) is 0 Å². The minimum absolute atomic E-state index is 0. The Morgan fingerprint density at radius 2 is 1.56 bits per heavy atom. The first-order valence-electron chi connectivity index (χ1n) is 2.68. The summed E-state index contributed by atoms with van der Waals surface area (Å²) in [6.07, 6.45) is 0. The van der Waals surface area contributed by atoms with Crippen molar-refractivity contribution >= 4 is 46.9 Å². The van der Waals surface area contributed by atoms with Crippen LogP contribution < -0.4 is 0 Å². The van der Waals surface area contributed by atoms with Gasteiger partial charge in [-0.3, -0.25) is 0 Å². The van der Waals surface area contributed by atoms with E-state index in [1.54, 1.807) is 0 Å². The number of nitrogens with zero attached hydrogens (tertiary/aromatic N) is 2. The third-order valence-electron chi connectivity index (χ3n) is 1.42. The summed E-state index contributed by atoms with van der Waals surface area (Å²) in [4.78, 5) is 4.16. The van der Waals surface area contributed by atoms with Crippen molar-refractivity contribution in [1.29, 1.82) is 0 Å². The van der Waals surface area contributed by atoms with Gasteiger partial charge in [0.25, 0.3) is 0 Å². The number of hydrogen-bond acceptors (Lipinski definition) is 1. The topological polar surface area (TPSA) is 6.48 Å². The number of likely N-dealkylation sites (N-methyl/N-ethyl adjacent to an activating group) is 2. The second-order valence-electron chi connectivity index (χ2n) is 2.13. The fraction of sp³-hybridized carbons (Fsp3) is 0.800. The van der Waals surface area contributed by atoms with Crippen molar-refractivity contribution in [1.82, 2.24) is 9.80 Å². The van der Waals surface area contributed by atoms with Crippen LogP contribution in [0.25, 0.3) is 0 Å². The molecule has 1 fully saturated rings. The zero-order valence-corrected chi connectivity index (χ0v) is 9.03. The van der Waals surface area contributed by atoms with E-state index in [-0.39, 0.29) is 29.6 Å². The van der Waals surface area contributed by atoms with E-state index in [4.69, 9.17) is 12.2 Å². The van der Waals surface area contributed by atoms with Crippen LogP contribution in [0.2, 0.25) is 0 Å². The average molecular weight is 153 g/mol. The van der Waals surface area contributed by atoms with Crippen LogP contribution in [0.1, 0.15) is 0 Å². The van der Waals surface area contributed by atoms with Crippen LogP contribution in [0.4, 0.5) is 0 Å². The van der Waals surface area contributed by atoms with Crippen LogP contribution in [-0.2, 0) is 0 Å². The van der Waals surface area contributed by atoms with Crippen LogP contribution >= 0.6 is 12.2 Å². The summed E-state index contributed by atoms with van der Waals surface area (Å²) < 4.78 is 0. The van der Waals surface area contributed by atoms with Crippen LogP contribution in [-0.4, -0.2) is 71.7 Å². The van der Waals surface area contributed by atoms with Crippen molar-refractivity contribution in [3.63, 3.8) is 0 Å². The van der Waals surface area contributed by atoms with Gasteiger partial charge in [-0.15, -0.1) is 0 Å². The molecule has 0 aliphatic carbocycles. The Balaban J connectivity index is 0.000000640. The van der Waals surface area contributed by atoms with Gasteiger partial charge >= 0.3 is 0 Å². The fourth-order valence-electron chi connectivity index (χ4n) is 0.783. The van der Waals surface area contributed by atoms with Crippen molar-refractivity contribution < 1.29 is 0 Å². The molecule has 0 aromatic heterocycles. The van der Waals surface area contributed by atoms with Gasteiger partial charge in [0.2, 0.25) is 0 Å². The Labute approximate surface area is 83.5 Å². The average Bonchev–Trinajstić information content (AvgIpc) is 1.98. The summed E-state index contributed by atoms with van der Waals surface area (Å²) in [6, 6.07) is 0. The third-order valence-corrected chi connectivity index (χ3v) is 2.05. The molecule has 47 valence electrons. The molecule has 9 heavy (non-hydrogen) atoms. The van der Waals surface area contributed by atoms with Crippen LogP contribution in [0.3, 0.4) is 0 Å². The summed E-state index contributed by atoms with van der Waals surface area (Å²) in [6.45, 7) is 2.16. The molecule has 1 aliphatic heterocycles. The molecule has 0 atom stereocenters. The van der Waals surface area contributed by atoms with E-state index in [0.717, 1.165) is 18.2 Å². The molecule has 4 heteroatoms. The van der Waals surface area contributed by atoms with E-state index in [0.29, 0.717) is 0 Å². The van der Waals surface area contributed by atoms with Gasteiger partial charge in [0.1, 0.15) is 0 Å². The zero-order chi connectivity index (χ0) is 6.15. The molecule has 1 aliphatic rings. The largest absolute Gasteiger partial charge is 0.350 e. The maximum atomic E-state index is 5.02. The van der Waals surface area contributed by atoms with Crippen molar-refractivity contribution in [3.05, 3.63) is 0 Å². The van der Waals surface area contributed by atoms with E-state index < -0.39 is 0 Å². The molecule has 0 bridgehead atoms. The van der Waals surface area contributed by atoms with Crippen molar-refractivity contribution in [3.8, 4) is 0 Å². The predicted molar refractivity (Wildman–Crippen MR) is 43.6 cm³/mol. The monoisotopic (exact) mass is 153 g/mol. The van der Waals surface area contributed by atoms with Gasteiger partial charge in [-0.1, -0.05) is 0 Å². The van der Waals surface area contributed by atoms with Crippen LogP contribution in [0, 0.1) is 0 Å². The number of rotatable bonds is 0. The van der Waals surface area contributed by atoms with E-state index in [1.165, 1.54) is 0 Å². The quantitative estimate of drug-likeness (QED) is 0.350. The third kappa shape index (κ3) is 2.08. The fourth-order valence-corrected chi connectivity index (χ4v) is 0.965. The molecule has 1 rings (SSSR count). The molecule has 0 aromatic rings. The summed E-state index contributed by atoms with van der Waals surface area (Å²) in [5.74, 6) is 0. The number of thiocarbonyl (C=S) groups is 1. The molecular weight excluding hydrogens is 143 g/mol. The second kappa shape index (κ2) is 3.76. The van der Waals surface area contributed by atoms with E-state index in [2.05, 4.69) is 9.80 Å². The van der Waals surface area contributed by atoms with Gasteiger partial charge in [-0.25, -0.2) is 0 Å². The maximum Gasteiger partial charge on any atom is 0.171 e. The first kappa shape index (κ1) is 9.69. The van der Waals surface area contributed by atoms with Gasteiger partial charge in [0.15, 0.2) is 5.11 Å². The Bertz CT molecular complexity index is 106. The normalized spacial score (nSPS) is 18.2. The molecule has 0 N–H and O–H groups in total. The maximum absolute atomic E-state index is 5.02. The number of hydrogen-bond donors (Lipinski definition) is 0. The molecule has 2 nitrogen and oxygen atoms in total. The molecule has 0 aromatic carbocycles.